The molecule has 0 heterocycles. The van der Waals surface area contributed by atoms with E-state index in [1.54, 1.807) is 6.07 Å². The third-order valence-electron chi connectivity index (χ3n) is 6.28. The lowest BCUT2D eigenvalue weighted by atomic mass is 9.60. The first kappa shape index (κ1) is 13.6. The van der Waals surface area contributed by atoms with Gasteiger partial charge in [-0.15, -0.1) is 0 Å². The van der Waals surface area contributed by atoms with E-state index in [1.165, 1.54) is 24.7 Å². The molecule has 0 saturated heterocycles. The molecule has 0 radical (unpaired) electrons. The number of benzene rings is 1. The SMILES string of the molecule is COc1cc2c(cc1F)[C@H]1CC[C@H]3[C@@H](CC[C@@H]3O)[C@@H]1CC2. The van der Waals surface area contributed by atoms with E-state index < -0.39 is 0 Å². The summed E-state index contributed by atoms with van der Waals surface area (Å²) >= 11 is 0. The van der Waals surface area contributed by atoms with Crippen LogP contribution in [0.5, 0.6) is 5.75 Å². The highest BCUT2D eigenvalue weighted by Gasteiger charge is 2.47. The quantitative estimate of drug-likeness (QED) is 0.855. The maximum absolute atomic E-state index is 14.1. The molecule has 0 spiro atoms. The molecule has 5 atom stereocenters. The van der Waals surface area contributed by atoms with E-state index in [2.05, 4.69) is 0 Å². The molecule has 4 rings (SSSR count). The number of hydrogen-bond acceptors (Lipinski definition) is 2. The largest absolute Gasteiger partial charge is 0.494 e. The smallest absolute Gasteiger partial charge is 0.165 e. The summed E-state index contributed by atoms with van der Waals surface area (Å²) in [6.45, 7) is 0. The molecule has 2 nitrogen and oxygen atoms in total. The first-order chi connectivity index (χ1) is 10.2. The number of halogens is 1. The van der Waals surface area contributed by atoms with Crippen molar-refractivity contribution < 1.29 is 14.2 Å². The zero-order valence-electron chi connectivity index (χ0n) is 12.5. The van der Waals surface area contributed by atoms with Crippen molar-refractivity contribution in [3.63, 3.8) is 0 Å². The summed E-state index contributed by atoms with van der Waals surface area (Å²) in [6, 6.07) is 3.62. The average Bonchev–Trinajstić information content (AvgIpc) is 2.88. The standard InChI is InChI=1S/C18H23FO2/c1-21-18-8-10-2-3-11-12-6-7-17(20)14(12)5-4-13(11)15(10)9-16(18)19/h8-9,11-14,17,20H,2-7H2,1H3/t11-,12-,13-,14-,17-/m0/s1. The first-order valence-electron chi connectivity index (χ1n) is 8.23. The van der Waals surface area contributed by atoms with Crippen LogP contribution in [0.25, 0.3) is 0 Å². The number of ether oxygens (including phenoxy) is 1. The van der Waals surface area contributed by atoms with Gasteiger partial charge < -0.3 is 9.84 Å². The lowest BCUT2D eigenvalue weighted by molar-refractivity contribution is 0.0565. The Kier molecular flexibility index (Phi) is 3.21. The molecule has 1 N–H and O–H groups in total. The van der Waals surface area contributed by atoms with Gasteiger partial charge in [-0.05, 0) is 85.5 Å². The average molecular weight is 290 g/mol. The van der Waals surface area contributed by atoms with Crippen LogP contribution in [0.15, 0.2) is 12.1 Å². The molecule has 21 heavy (non-hydrogen) atoms. The fourth-order valence-corrected chi connectivity index (χ4v) is 5.35. The van der Waals surface area contributed by atoms with Crippen LogP contribution in [0.1, 0.15) is 49.1 Å². The third kappa shape index (κ3) is 2.01. The Bertz CT molecular complexity index is 556. The van der Waals surface area contributed by atoms with Crippen molar-refractivity contribution >= 4 is 0 Å². The Morgan fingerprint density at radius 2 is 1.86 bits per heavy atom. The Hall–Kier alpha value is -1.09. The summed E-state index contributed by atoms with van der Waals surface area (Å²) in [5, 5.41) is 10.1. The molecule has 1 aromatic rings. The highest BCUT2D eigenvalue weighted by Crippen LogP contribution is 2.55. The van der Waals surface area contributed by atoms with Gasteiger partial charge in [0.05, 0.1) is 13.2 Å². The topological polar surface area (TPSA) is 29.5 Å². The number of hydrogen-bond donors (Lipinski definition) is 1. The van der Waals surface area contributed by atoms with Crippen LogP contribution in [0.4, 0.5) is 4.39 Å². The normalized spacial score (nSPS) is 37.6. The summed E-state index contributed by atoms with van der Waals surface area (Å²) in [7, 11) is 1.53. The van der Waals surface area contributed by atoms with Crippen molar-refractivity contribution in [3.8, 4) is 5.75 Å². The van der Waals surface area contributed by atoms with Gasteiger partial charge in [0, 0.05) is 0 Å². The maximum atomic E-state index is 14.1. The summed E-state index contributed by atoms with van der Waals surface area (Å²) in [6.07, 6.45) is 6.42. The molecule has 0 aromatic heterocycles. The van der Waals surface area contributed by atoms with Crippen molar-refractivity contribution in [3.05, 3.63) is 29.1 Å². The summed E-state index contributed by atoms with van der Waals surface area (Å²) in [5.74, 6) is 2.41. The van der Waals surface area contributed by atoms with Gasteiger partial charge in [0.1, 0.15) is 0 Å². The van der Waals surface area contributed by atoms with Gasteiger partial charge in [-0.2, -0.15) is 0 Å². The zero-order valence-corrected chi connectivity index (χ0v) is 12.5. The van der Waals surface area contributed by atoms with Crippen molar-refractivity contribution in [1.29, 1.82) is 0 Å². The predicted octanol–water partition coefficient (Wildman–Crippen LogP) is 3.66. The van der Waals surface area contributed by atoms with E-state index >= 15 is 0 Å². The van der Waals surface area contributed by atoms with Gasteiger partial charge in [0.25, 0.3) is 0 Å². The van der Waals surface area contributed by atoms with E-state index in [0.717, 1.165) is 32.1 Å². The van der Waals surface area contributed by atoms with Crippen LogP contribution >= 0.6 is 0 Å². The van der Waals surface area contributed by atoms with E-state index in [1.807, 2.05) is 6.07 Å². The number of rotatable bonds is 1. The third-order valence-corrected chi connectivity index (χ3v) is 6.28. The highest BCUT2D eigenvalue weighted by atomic mass is 19.1. The van der Waals surface area contributed by atoms with Crippen LogP contribution < -0.4 is 4.74 Å². The predicted molar refractivity (Wildman–Crippen MR) is 79.0 cm³/mol. The van der Waals surface area contributed by atoms with E-state index in [-0.39, 0.29) is 11.9 Å². The molecular formula is C18H23FO2. The highest BCUT2D eigenvalue weighted by molar-refractivity contribution is 5.41. The second-order valence-electron chi connectivity index (χ2n) is 7.04. The fourth-order valence-electron chi connectivity index (χ4n) is 5.35. The molecule has 1 aromatic carbocycles. The Labute approximate surface area is 125 Å². The lowest BCUT2D eigenvalue weighted by Crippen LogP contribution is -2.36. The van der Waals surface area contributed by atoms with Crippen LogP contribution in [0.3, 0.4) is 0 Å². The van der Waals surface area contributed by atoms with Gasteiger partial charge in [-0.25, -0.2) is 4.39 Å². The van der Waals surface area contributed by atoms with Gasteiger partial charge in [-0.3, -0.25) is 0 Å². The number of methoxy groups -OCH3 is 1. The molecule has 0 amide bonds. The second-order valence-corrected chi connectivity index (χ2v) is 7.04. The number of aliphatic hydroxyl groups is 1. The summed E-state index contributed by atoms with van der Waals surface area (Å²) < 4.78 is 19.2. The van der Waals surface area contributed by atoms with Crippen LogP contribution in [-0.4, -0.2) is 18.3 Å². The Morgan fingerprint density at radius 1 is 1.05 bits per heavy atom. The van der Waals surface area contributed by atoms with Gasteiger partial charge in [0.2, 0.25) is 0 Å². The maximum Gasteiger partial charge on any atom is 0.165 e. The zero-order chi connectivity index (χ0) is 14.6. The Balaban J connectivity index is 1.69. The van der Waals surface area contributed by atoms with E-state index in [4.69, 9.17) is 4.74 Å². The minimum absolute atomic E-state index is 0.0926. The second kappa shape index (κ2) is 4.98. The molecule has 3 aliphatic rings. The molecule has 2 fully saturated rings. The first-order valence-corrected chi connectivity index (χ1v) is 8.23. The minimum Gasteiger partial charge on any atom is -0.494 e. The lowest BCUT2D eigenvalue weighted by Gasteiger charge is -2.44. The minimum atomic E-state index is -0.231. The van der Waals surface area contributed by atoms with E-state index in [9.17, 15) is 9.50 Å². The molecule has 0 aliphatic heterocycles. The summed E-state index contributed by atoms with van der Waals surface area (Å²) in [4.78, 5) is 0. The van der Waals surface area contributed by atoms with Gasteiger partial charge >= 0.3 is 0 Å². The molecule has 2 saturated carbocycles. The van der Waals surface area contributed by atoms with Crippen molar-refractivity contribution in [2.45, 2.75) is 50.5 Å². The number of fused-ring (bicyclic) bond motifs is 5. The van der Waals surface area contributed by atoms with E-state index in [0.29, 0.717) is 29.4 Å². The fraction of sp³-hybridized carbons (Fsp3) is 0.667. The molecular weight excluding hydrogens is 267 g/mol. The molecule has 3 aliphatic carbocycles. The van der Waals surface area contributed by atoms with Crippen LogP contribution in [0, 0.1) is 23.6 Å². The van der Waals surface area contributed by atoms with Crippen molar-refractivity contribution in [2.24, 2.45) is 17.8 Å². The number of aliphatic hydroxyl groups excluding tert-OH is 1. The number of aryl methyl sites for hydroxylation is 1. The monoisotopic (exact) mass is 290 g/mol. The van der Waals surface area contributed by atoms with Crippen LogP contribution in [-0.2, 0) is 6.42 Å². The Morgan fingerprint density at radius 3 is 2.67 bits per heavy atom. The molecule has 0 bridgehead atoms. The van der Waals surface area contributed by atoms with Crippen molar-refractivity contribution in [2.75, 3.05) is 7.11 Å². The molecule has 0 unspecified atom stereocenters. The summed E-state index contributed by atoms with van der Waals surface area (Å²) in [5.41, 5.74) is 2.48. The van der Waals surface area contributed by atoms with Crippen LogP contribution in [0.2, 0.25) is 0 Å². The van der Waals surface area contributed by atoms with Gasteiger partial charge in [-0.1, -0.05) is 0 Å². The molecule has 114 valence electrons. The van der Waals surface area contributed by atoms with Crippen molar-refractivity contribution in [1.82, 2.24) is 0 Å². The van der Waals surface area contributed by atoms with Gasteiger partial charge in [0.15, 0.2) is 11.6 Å². The molecule has 3 heteroatoms.